The van der Waals surface area contributed by atoms with Crippen LogP contribution in [-0.2, 0) is 6.54 Å². The van der Waals surface area contributed by atoms with Gasteiger partial charge >= 0.3 is 0 Å². The van der Waals surface area contributed by atoms with Gasteiger partial charge in [0.05, 0.1) is 11.1 Å². The molecule has 28 heavy (non-hydrogen) atoms. The Labute approximate surface area is 159 Å². The number of pyridine rings is 1. The molecule has 0 aliphatic carbocycles. The molecule has 1 N–H and O–H groups in total. The maximum Gasteiger partial charge on any atom is 0.295 e. The van der Waals surface area contributed by atoms with E-state index in [0.29, 0.717) is 5.56 Å². The molecular formula is C18H14N6O4. The normalized spacial score (nSPS) is 10.3. The number of nitrogens with one attached hydrogen (secondary N) is 1. The number of nitro groups is 1. The van der Waals surface area contributed by atoms with E-state index in [1.807, 2.05) is 0 Å². The average molecular weight is 378 g/mol. The van der Waals surface area contributed by atoms with Crippen molar-refractivity contribution in [2.24, 2.45) is 0 Å². The summed E-state index contributed by atoms with van der Waals surface area (Å²) in [5.41, 5.74) is 3.36. The summed E-state index contributed by atoms with van der Waals surface area (Å²) >= 11 is 0. The van der Waals surface area contributed by atoms with Gasteiger partial charge < -0.3 is 0 Å². The standard InChI is InChI=1S/C18H14N6O4/c25-17(14-4-6-19-7-5-14)23(18(26)16-12-20-8-9-21-16)22-11-13-2-1-3-15(10-13)24(27)28/h1-10,12,22H,11H2. The number of amides is 2. The molecule has 0 aliphatic rings. The SMILES string of the molecule is O=C(c1ccncc1)N(NCc1cccc([N+](=O)[O-])c1)C(=O)c1cnccn1. The van der Waals surface area contributed by atoms with E-state index in [2.05, 4.69) is 20.4 Å². The lowest BCUT2D eigenvalue weighted by molar-refractivity contribution is -0.384. The first-order valence-corrected chi connectivity index (χ1v) is 8.08. The summed E-state index contributed by atoms with van der Waals surface area (Å²) in [6.07, 6.45) is 6.84. The minimum absolute atomic E-state index is 0.00447. The van der Waals surface area contributed by atoms with Gasteiger partial charge in [-0.1, -0.05) is 12.1 Å². The van der Waals surface area contributed by atoms with Crippen LogP contribution in [0.25, 0.3) is 0 Å². The highest BCUT2D eigenvalue weighted by Crippen LogP contribution is 2.13. The van der Waals surface area contributed by atoms with Crippen molar-refractivity contribution in [1.82, 2.24) is 25.4 Å². The Bertz CT molecular complexity index is 946. The molecule has 3 rings (SSSR count). The van der Waals surface area contributed by atoms with Gasteiger partial charge in [0.15, 0.2) is 0 Å². The van der Waals surface area contributed by atoms with Crippen molar-refractivity contribution >= 4 is 17.5 Å². The predicted molar refractivity (Wildman–Crippen MR) is 96.7 cm³/mol. The molecule has 0 radical (unpaired) electrons. The van der Waals surface area contributed by atoms with Crippen molar-refractivity contribution in [3.05, 3.63) is 94.3 Å². The van der Waals surface area contributed by atoms with Gasteiger partial charge in [0.1, 0.15) is 5.69 Å². The molecule has 0 aliphatic heterocycles. The topological polar surface area (TPSA) is 131 Å². The number of non-ortho nitro benzene ring substituents is 1. The third-order valence-electron chi connectivity index (χ3n) is 3.68. The third kappa shape index (κ3) is 4.37. The second-order valence-corrected chi connectivity index (χ2v) is 5.53. The van der Waals surface area contributed by atoms with Crippen molar-refractivity contribution in [3.8, 4) is 0 Å². The Morgan fingerprint density at radius 3 is 2.50 bits per heavy atom. The fraction of sp³-hybridized carbons (Fsp3) is 0.0556. The summed E-state index contributed by atoms with van der Waals surface area (Å²) < 4.78 is 0. The summed E-state index contributed by atoms with van der Waals surface area (Å²) in [4.78, 5) is 47.6. The van der Waals surface area contributed by atoms with E-state index in [-0.39, 0.29) is 23.5 Å². The quantitative estimate of drug-likeness (QED) is 0.390. The van der Waals surface area contributed by atoms with Crippen LogP contribution >= 0.6 is 0 Å². The van der Waals surface area contributed by atoms with Crippen LogP contribution in [0.2, 0.25) is 0 Å². The number of carbonyl (C=O) groups is 2. The number of hydrazine groups is 1. The molecule has 2 heterocycles. The predicted octanol–water partition coefficient (Wildman–Crippen LogP) is 1.77. The zero-order valence-electron chi connectivity index (χ0n) is 14.4. The van der Waals surface area contributed by atoms with Gasteiger partial charge in [-0.2, -0.15) is 0 Å². The molecule has 0 atom stereocenters. The number of carbonyl (C=O) groups excluding carboxylic acids is 2. The van der Waals surface area contributed by atoms with Gasteiger partial charge in [-0.25, -0.2) is 15.4 Å². The van der Waals surface area contributed by atoms with Gasteiger partial charge in [-0.05, 0) is 17.7 Å². The summed E-state index contributed by atoms with van der Waals surface area (Å²) in [6.45, 7) is 0.00447. The lowest BCUT2D eigenvalue weighted by Gasteiger charge is -2.21. The summed E-state index contributed by atoms with van der Waals surface area (Å²) in [5.74, 6) is -1.33. The van der Waals surface area contributed by atoms with E-state index in [0.717, 1.165) is 5.01 Å². The molecular weight excluding hydrogens is 364 g/mol. The van der Waals surface area contributed by atoms with E-state index >= 15 is 0 Å². The van der Waals surface area contributed by atoms with E-state index < -0.39 is 16.7 Å². The first kappa shape index (κ1) is 18.7. The zero-order valence-corrected chi connectivity index (χ0v) is 14.4. The fourth-order valence-corrected chi connectivity index (χ4v) is 2.33. The van der Waals surface area contributed by atoms with Crippen molar-refractivity contribution in [2.75, 3.05) is 0 Å². The number of hydrogen-bond acceptors (Lipinski definition) is 8. The van der Waals surface area contributed by atoms with Gasteiger partial charge in [0.25, 0.3) is 17.5 Å². The Kier molecular flexibility index (Phi) is 5.72. The summed E-state index contributed by atoms with van der Waals surface area (Å²) in [6, 6.07) is 8.81. The first-order valence-electron chi connectivity index (χ1n) is 8.08. The molecule has 2 aromatic heterocycles. The van der Waals surface area contributed by atoms with Crippen LogP contribution in [0.5, 0.6) is 0 Å². The first-order chi connectivity index (χ1) is 13.6. The van der Waals surface area contributed by atoms with Crippen LogP contribution in [0.1, 0.15) is 26.4 Å². The smallest absolute Gasteiger partial charge is 0.267 e. The van der Waals surface area contributed by atoms with E-state index in [1.165, 1.54) is 61.3 Å². The third-order valence-corrected chi connectivity index (χ3v) is 3.68. The molecule has 0 spiro atoms. The highest BCUT2D eigenvalue weighted by atomic mass is 16.6. The van der Waals surface area contributed by atoms with Gasteiger partial charge in [0, 0.05) is 49.0 Å². The molecule has 0 bridgehead atoms. The highest BCUT2D eigenvalue weighted by molar-refractivity contribution is 6.09. The minimum atomic E-state index is -0.708. The molecule has 10 heteroatoms. The molecule has 0 saturated heterocycles. The van der Waals surface area contributed by atoms with Gasteiger partial charge in [0.2, 0.25) is 0 Å². The van der Waals surface area contributed by atoms with Crippen LogP contribution in [0.3, 0.4) is 0 Å². The second kappa shape index (κ2) is 8.56. The molecule has 0 unspecified atom stereocenters. The van der Waals surface area contributed by atoms with E-state index in [1.54, 1.807) is 6.07 Å². The Morgan fingerprint density at radius 2 is 1.82 bits per heavy atom. The zero-order chi connectivity index (χ0) is 19.9. The van der Waals surface area contributed by atoms with Crippen molar-refractivity contribution < 1.29 is 14.5 Å². The number of rotatable bonds is 6. The summed E-state index contributed by atoms with van der Waals surface area (Å²) in [7, 11) is 0. The number of hydrogen-bond donors (Lipinski definition) is 1. The number of nitrogens with zero attached hydrogens (tertiary/aromatic N) is 5. The minimum Gasteiger partial charge on any atom is -0.267 e. The Hall–Kier alpha value is -4.05. The second-order valence-electron chi connectivity index (χ2n) is 5.53. The summed E-state index contributed by atoms with van der Waals surface area (Å²) in [5, 5.41) is 11.7. The number of aromatic nitrogens is 3. The van der Waals surface area contributed by atoms with Crippen molar-refractivity contribution in [1.29, 1.82) is 0 Å². The molecule has 1 aromatic carbocycles. The van der Waals surface area contributed by atoms with Gasteiger partial charge in [-0.3, -0.25) is 29.7 Å². The maximum absolute atomic E-state index is 12.8. The monoisotopic (exact) mass is 378 g/mol. The Balaban J connectivity index is 1.86. The maximum atomic E-state index is 12.8. The van der Waals surface area contributed by atoms with Crippen LogP contribution in [0, 0.1) is 10.1 Å². The lowest BCUT2D eigenvalue weighted by atomic mass is 10.2. The number of nitro benzene ring substituents is 1. The van der Waals surface area contributed by atoms with Gasteiger partial charge in [-0.15, -0.1) is 0 Å². The molecule has 10 nitrogen and oxygen atoms in total. The number of imide groups is 1. The molecule has 3 aromatic rings. The number of benzene rings is 1. The van der Waals surface area contributed by atoms with Crippen LogP contribution in [0.15, 0.2) is 67.4 Å². The highest BCUT2D eigenvalue weighted by Gasteiger charge is 2.25. The van der Waals surface area contributed by atoms with Crippen molar-refractivity contribution in [3.63, 3.8) is 0 Å². The van der Waals surface area contributed by atoms with Crippen LogP contribution in [0.4, 0.5) is 5.69 Å². The molecule has 2 amide bonds. The van der Waals surface area contributed by atoms with Crippen LogP contribution < -0.4 is 5.43 Å². The van der Waals surface area contributed by atoms with E-state index in [4.69, 9.17) is 0 Å². The average Bonchev–Trinajstić information content (AvgIpc) is 2.75. The fourth-order valence-electron chi connectivity index (χ4n) is 2.33. The molecule has 140 valence electrons. The lowest BCUT2D eigenvalue weighted by Crippen LogP contribution is -2.47. The molecule has 0 fully saturated rings. The van der Waals surface area contributed by atoms with Crippen LogP contribution in [-0.4, -0.2) is 36.7 Å². The Morgan fingerprint density at radius 1 is 1.04 bits per heavy atom. The largest absolute Gasteiger partial charge is 0.295 e. The van der Waals surface area contributed by atoms with Crippen molar-refractivity contribution in [2.45, 2.75) is 6.54 Å². The van der Waals surface area contributed by atoms with E-state index in [9.17, 15) is 19.7 Å². The molecule has 0 saturated carbocycles.